The highest BCUT2D eigenvalue weighted by atomic mass is 32.1. The van der Waals surface area contributed by atoms with Crippen LogP contribution in [-0.4, -0.2) is 50.4 Å². The van der Waals surface area contributed by atoms with Gasteiger partial charge in [-0.15, -0.1) is 11.3 Å². The number of carboxylic acid groups (broad SMARTS) is 1. The van der Waals surface area contributed by atoms with Gasteiger partial charge in [0.2, 0.25) is 0 Å². The van der Waals surface area contributed by atoms with Crippen molar-refractivity contribution in [1.29, 1.82) is 0 Å². The molecule has 2 aromatic heterocycles. The van der Waals surface area contributed by atoms with Crippen molar-refractivity contribution in [3.05, 3.63) is 118 Å². The smallest absolute Gasteiger partial charge is 0.320 e. The first-order chi connectivity index (χ1) is 23.8. The summed E-state index contributed by atoms with van der Waals surface area (Å²) in [6.07, 6.45) is 4.18. The van der Waals surface area contributed by atoms with E-state index in [1.165, 1.54) is 29.9 Å². The molecular formula is C40H43FN4O4S. The molecule has 260 valence electrons. The van der Waals surface area contributed by atoms with Crippen LogP contribution >= 0.6 is 11.3 Å². The van der Waals surface area contributed by atoms with Crippen LogP contribution in [0.3, 0.4) is 0 Å². The highest BCUT2D eigenvalue weighted by molar-refractivity contribution is 7.14. The lowest BCUT2D eigenvalue weighted by Gasteiger charge is -2.26. The van der Waals surface area contributed by atoms with Gasteiger partial charge in [-0.25, -0.2) is 14.4 Å². The number of aliphatic hydroxyl groups excluding tert-OH is 1. The van der Waals surface area contributed by atoms with E-state index in [0.717, 1.165) is 40.0 Å². The summed E-state index contributed by atoms with van der Waals surface area (Å²) < 4.78 is 15.3. The van der Waals surface area contributed by atoms with Crippen molar-refractivity contribution >= 4 is 23.2 Å². The van der Waals surface area contributed by atoms with E-state index >= 15 is 4.39 Å². The summed E-state index contributed by atoms with van der Waals surface area (Å²) in [5, 5.41) is 25.9. The molecule has 3 aromatic carbocycles. The summed E-state index contributed by atoms with van der Waals surface area (Å²) in [7, 11) is 0. The SMILES string of the molecule is CCCc1ccc(-c2ccc(-c3cnc(-c4ccc(C[C@H](NC(=O)c5ccc(C(C)(C)C)s5)C(O)N[C@H](C)C(=O)O)cc4)nc3)c(F)c2)cc1. The third-order valence-corrected chi connectivity index (χ3v) is 9.99. The van der Waals surface area contributed by atoms with E-state index in [4.69, 9.17) is 0 Å². The third kappa shape index (κ3) is 9.06. The Morgan fingerprint density at radius 3 is 2.06 bits per heavy atom. The monoisotopic (exact) mass is 694 g/mol. The summed E-state index contributed by atoms with van der Waals surface area (Å²) in [5.74, 6) is -1.37. The Balaban J connectivity index is 1.28. The molecule has 5 aromatic rings. The molecule has 4 N–H and O–H groups in total. The van der Waals surface area contributed by atoms with Crippen LogP contribution in [0.25, 0.3) is 33.6 Å². The number of amides is 1. The normalized spacial score (nSPS) is 13.4. The van der Waals surface area contributed by atoms with Crippen molar-refractivity contribution in [2.24, 2.45) is 0 Å². The number of carbonyl (C=O) groups excluding carboxylic acids is 1. The maximum absolute atomic E-state index is 15.3. The van der Waals surface area contributed by atoms with Gasteiger partial charge in [-0.05, 0) is 65.6 Å². The number of halogens is 1. The number of aryl methyl sites for hydroxylation is 1. The zero-order valence-electron chi connectivity index (χ0n) is 28.9. The first-order valence-electron chi connectivity index (χ1n) is 16.7. The summed E-state index contributed by atoms with van der Waals surface area (Å²) in [4.78, 5) is 35.2. The molecule has 10 heteroatoms. The van der Waals surface area contributed by atoms with Crippen molar-refractivity contribution in [3.63, 3.8) is 0 Å². The van der Waals surface area contributed by atoms with Gasteiger partial charge in [0.1, 0.15) is 18.1 Å². The van der Waals surface area contributed by atoms with Crippen LogP contribution in [0.1, 0.15) is 66.7 Å². The van der Waals surface area contributed by atoms with E-state index in [9.17, 15) is 19.8 Å². The van der Waals surface area contributed by atoms with Crippen molar-refractivity contribution in [2.75, 3.05) is 0 Å². The summed E-state index contributed by atoms with van der Waals surface area (Å²) in [5.41, 5.74) is 5.40. The van der Waals surface area contributed by atoms with E-state index in [-0.39, 0.29) is 23.6 Å². The van der Waals surface area contributed by atoms with Crippen molar-refractivity contribution in [1.82, 2.24) is 20.6 Å². The lowest BCUT2D eigenvalue weighted by Crippen LogP contribution is -2.54. The Morgan fingerprint density at radius 1 is 0.860 bits per heavy atom. The molecule has 50 heavy (non-hydrogen) atoms. The first kappa shape index (κ1) is 36.5. The van der Waals surface area contributed by atoms with Crippen LogP contribution in [-0.2, 0) is 23.1 Å². The molecular weight excluding hydrogens is 652 g/mol. The fourth-order valence-corrected chi connectivity index (χ4v) is 6.50. The first-order valence-corrected chi connectivity index (χ1v) is 17.5. The van der Waals surface area contributed by atoms with Gasteiger partial charge < -0.3 is 15.5 Å². The fourth-order valence-electron chi connectivity index (χ4n) is 5.53. The zero-order valence-corrected chi connectivity index (χ0v) is 29.7. The second-order valence-corrected chi connectivity index (χ2v) is 14.6. The van der Waals surface area contributed by atoms with E-state index in [0.29, 0.717) is 21.8 Å². The Labute approximate surface area is 296 Å². The third-order valence-electron chi connectivity index (χ3n) is 8.48. The number of hydrogen-bond acceptors (Lipinski definition) is 7. The number of thiophene rings is 1. The Bertz CT molecular complexity index is 1920. The quantitative estimate of drug-likeness (QED) is 0.0934. The average Bonchev–Trinajstić information content (AvgIpc) is 3.61. The molecule has 1 unspecified atom stereocenters. The Kier molecular flexibility index (Phi) is 11.6. The molecule has 0 aliphatic carbocycles. The van der Waals surface area contributed by atoms with E-state index in [1.54, 1.807) is 24.5 Å². The number of carbonyl (C=O) groups is 2. The molecule has 8 nitrogen and oxygen atoms in total. The van der Waals surface area contributed by atoms with Crippen LogP contribution in [0.5, 0.6) is 0 Å². The van der Waals surface area contributed by atoms with Gasteiger partial charge in [-0.2, -0.15) is 0 Å². The average molecular weight is 695 g/mol. The highest BCUT2D eigenvalue weighted by Gasteiger charge is 2.27. The van der Waals surface area contributed by atoms with E-state index in [1.807, 2.05) is 48.5 Å². The van der Waals surface area contributed by atoms with Gasteiger partial charge in [-0.3, -0.25) is 14.9 Å². The van der Waals surface area contributed by atoms with E-state index in [2.05, 4.69) is 60.4 Å². The zero-order chi connectivity index (χ0) is 36.0. The van der Waals surface area contributed by atoms with Crippen molar-refractivity contribution < 1.29 is 24.2 Å². The Morgan fingerprint density at radius 2 is 1.48 bits per heavy atom. The van der Waals surface area contributed by atoms with Gasteiger partial charge in [-0.1, -0.05) is 94.8 Å². The molecule has 0 saturated carbocycles. The number of nitrogens with zero attached hydrogens (tertiary/aromatic N) is 2. The summed E-state index contributed by atoms with van der Waals surface area (Å²) in [6.45, 7) is 9.78. The number of aromatic nitrogens is 2. The lowest BCUT2D eigenvalue weighted by atomic mass is 9.95. The molecule has 0 spiro atoms. The molecule has 3 atom stereocenters. The number of benzene rings is 3. The minimum atomic E-state index is -1.33. The molecule has 0 radical (unpaired) electrons. The van der Waals surface area contributed by atoms with Gasteiger partial charge in [0.05, 0.1) is 10.9 Å². The number of aliphatic carboxylic acids is 1. The lowest BCUT2D eigenvalue weighted by molar-refractivity contribution is -0.140. The van der Waals surface area contributed by atoms with E-state index < -0.39 is 24.3 Å². The number of aliphatic hydroxyl groups is 1. The number of rotatable bonds is 13. The van der Waals surface area contributed by atoms with Gasteiger partial charge in [0.15, 0.2) is 5.82 Å². The van der Waals surface area contributed by atoms with Crippen LogP contribution in [0.15, 0.2) is 91.3 Å². The van der Waals surface area contributed by atoms with Gasteiger partial charge in [0.25, 0.3) is 5.91 Å². The largest absolute Gasteiger partial charge is 0.480 e. The molecule has 1 amide bonds. The predicted octanol–water partition coefficient (Wildman–Crippen LogP) is 7.65. The number of carboxylic acids is 1. The number of nitrogens with one attached hydrogen (secondary N) is 2. The second kappa shape index (κ2) is 15.8. The molecule has 5 rings (SSSR count). The number of hydrogen-bond donors (Lipinski definition) is 4. The van der Waals surface area contributed by atoms with Crippen LogP contribution in [0, 0.1) is 5.82 Å². The molecule has 0 fully saturated rings. The van der Waals surface area contributed by atoms with Gasteiger partial charge >= 0.3 is 5.97 Å². The second-order valence-electron chi connectivity index (χ2n) is 13.5. The minimum Gasteiger partial charge on any atom is -0.480 e. The Hall–Kier alpha value is -4.77. The molecule has 0 aliphatic heterocycles. The maximum Gasteiger partial charge on any atom is 0.320 e. The molecule has 0 bridgehead atoms. The molecule has 0 aliphatic rings. The predicted molar refractivity (Wildman–Crippen MR) is 197 cm³/mol. The van der Waals surface area contributed by atoms with Crippen molar-refractivity contribution in [3.8, 4) is 33.6 Å². The summed E-state index contributed by atoms with van der Waals surface area (Å²) in [6, 6.07) is 22.5. The maximum atomic E-state index is 15.3. The van der Waals surface area contributed by atoms with Crippen LogP contribution in [0.4, 0.5) is 4.39 Å². The van der Waals surface area contributed by atoms with Crippen molar-refractivity contribution in [2.45, 2.75) is 77.6 Å². The minimum absolute atomic E-state index is 0.116. The molecule has 2 heterocycles. The topological polar surface area (TPSA) is 124 Å². The van der Waals surface area contributed by atoms with Crippen LogP contribution < -0.4 is 10.6 Å². The van der Waals surface area contributed by atoms with Crippen LogP contribution in [0.2, 0.25) is 0 Å². The molecule has 0 saturated heterocycles. The fraction of sp³-hybridized carbons (Fsp3) is 0.300. The highest BCUT2D eigenvalue weighted by Crippen LogP contribution is 2.30. The van der Waals surface area contributed by atoms with Gasteiger partial charge in [0, 0.05) is 34.0 Å². The summed E-state index contributed by atoms with van der Waals surface area (Å²) >= 11 is 1.38. The standard InChI is InChI=1S/C40H43FN4O4S/c1-6-7-25-8-12-27(13-9-25)29-16-17-31(32(41)21-29)30-22-42-36(43-23-30)28-14-10-26(11-15-28)20-33(37(46)44-24(2)39(48)49)45-38(47)34-18-19-35(50-34)40(3,4)5/h8-19,21-24,33,37,44,46H,6-7,20H2,1-5H3,(H,45,47)(H,48,49)/t24-,33+,37?/m1/s1.